The van der Waals surface area contributed by atoms with Crippen LogP contribution in [0.3, 0.4) is 0 Å². The summed E-state index contributed by atoms with van der Waals surface area (Å²) in [5, 5.41) is 2.53. The number of hydrogen-bond acceptors (Lipinski definition) is 4. The summed E-state index contributed by atoms with van der Waals surface area (Å²) in [6.45, 7) is 4.05. The third kappa shape index (κ3) is 3.95. The summed E-state index contributed by atoms with van der Waals surface area (Å²) in [6, 6.07) is 9.82. The second kappa shape index (κ2) is 8.51. The van der Waals surface area contributed by atoms with Gasteiger partial charge in [-0.1, -0.05) is 19.1 Å². The van der Waals surface area contributed by atoms with E-state index in [9.17, 15) is 13.6 Å². The molecule has 33 heavy (non-hydrogen) atoms. The minimum Gasteiger partial charge on any atom is -0.315 e. The molecular weight excluding hydrogens is 442 g/mol. The minimum atomic E-state index is -0.821. The number of para-hydroxylation sites is 1. The van der Waals surface area contributed by atoms with E-state index >= 15 is 0 Å². The lowest BCUT2D eigenvalue weighted by molar-refractivity contribution is 0.102. The quantitative estimate of drug-likeness (QED) is 0.410. The Morgan fingerprint density at radius 2 is 1.94 bits per heavy atom. The van der Waals surface area contributed by atoms with E-state index in [1.165, 1.54) is 23.0 Å². The van der Waals surface area contributed by atoms with Crippen LogP contribution >= 0.6 is 11.3 Å². The number of hydrogen-bond donors (Lipinski definition) is 1. The van der Waals surface area contributed by atoms with Crippen molar-refractivity contribution in [2.24, 2.45) is 0 Å². The first-order valence-corrected chi connectivity index (χ1v) is 11.7. The molecule has 5 nitrogen and oxygen atoms in total. The van der Waals surface area contributed by atoms with E-state index < -0.39 is 23.2 Å². The Morgan fingerprint density at radius 3 is 2.70 bits per heavy atom. The fourth-order valence-electron chi connectivity index (χ4n) is 4.22. The Balaban J connectivity index is 1.54. The van der Waals surface area contributed by atoms with Crippen LogP contribution in [0.15, 0.2) is 42.6 Å². The highest BCUT2D eigenvalue weighted by atomic mass is 32.1. The second-order valence-corrected chi connectivity index (χ2v) is 9.06. The molecule has 0 radical (unpaired) electrons. The molecule has 0 unspecified atom stereocenters. The first-order valence-electron chi connectivity index (χ1n) is 10.9. The standard InChI is InChI=1S/C25H22F2N4OS/c1-3-21-28-14(2)13-31(21)16-11-10-15-6-4-9-20-23(17(15)12-16)33-25(29-20)24(32)30-22-18(26)7-5-8-19(22)27/h5,7-8,10-13H,3-4,6,9H2,1-2H3,(H,30,32). The average Bonchev–Trinajstić information content (AvgIpc) is 3.35. The van der Waals surface area contributed by atoms with Gasteiger partial charge in [0.15, 0.2) is 5.01 Å². The zero-order valence-electron chi connectivity index (χ0n) is 18.3. The molecule has 1 amide bonds. The molecule has 8 heteroatoms. The lowest BCUT2D eigenvalue weighted by Gasteiger charge is -2.11. The van der Waals surface area contributed by atoms with Crippen LogP contribution in [0.25, 0.3) is 16.1 Å². The summed E-state index contributed by atoms with van der Waals surface area (Å²) in [7, 11) is 0. The lowest BCUT2D eigenvalue weighted by Crippen LogP contribution is -2.14. The number of benzene rings is 2. The Labute approximate surface area is 194 Å². The maximum atomic E-state index is 14.0. The molecule has 1 aliphatic carbocycles. The maximum Gasteiger partial charge on any atom is 0.284 e. The molecule has 168 valence electrons. The van der Waals surface area contributed by atoms with Crippen LogP contribution in [0, 0.1) is 18.6 Å². The summed E-state index contributed by atoms with van der Waals surface area (Å²) >= 11 is 1.26. The van der Waals surface area contributed by atoms with Crippen LogP contribution < -0.4 is 5.32 Å². The highest BCUT2D eigenvalue weighted by Gasteiger charge is 2.24. The molecule has 1 aliphatic rings. The van der Waals surface area contributed by atoms with Gasteiger partial charge < -0.3 is 9.88 Å². The molecule has 0 fully saturated rings. The van der Waals surface area contributed by atoms with Gasteiger partial charge in [0.1, 0.15) is 23.1 Å². The number of thiazole rings is 1. The monoisotopic (exact) mass is 464 g/mol. The van der Waals surface area contributed by atoms with Crippen molar-refractivity contribution in [1.29, 1.82) is 0 Å². The predicted octanol–water partition coefficient (Wildman–Crippen LogP) is 5.89. The number of aryl methyl sites for hydroxylation is 4. The van der Waals surface area contributed by atoms with E-state index in [0.29, 0.717) is 0 Å². The number of nitrogens with one attached hydrogen (secondary N) is 1. The van der Waals surface area contributed by atoms with Crippen molar-refractivity contribution in [2.75, 3.05) is 5.32 Å². The number of halogens is 2. The lowest BCUT2D eigenvalue weighted by atomic mass is 10.0. The molecule has 0 spiro atoms. The number of imidazole rings is 1. The normalized spacial score (nSPS) is 12.7. The number of fused-ring (bicyclic) bond motifs is 3. The van der Waals surface area contributed by atoms with Gasteiger partial charge in [0.05, 0.1) is 16.3 Å². The van der Waals surface area contributed by atoms with Crippen LogP contribution in [0.2, 0.25) is 0 Å². The molecule has 0 bridgehead atoms. The minimum absolute atomic E-state index is 0.189. The fourth-order valence-corrected chi connectivity index (χ4v) is 5.28. The zero-order chi connectivity index (χ0) is 23.1. The molecule has 0 atom stereocenters. The topological polar surface area (TPSA) is 59.8 Å². The first-order chi connectivity index (χ1) is 15.9. The highest BCUT2D eigenvalue weighted by Crippen LogP contribution is 2.38. The van der Waals surface area contributed by atoms with Crippen molar-refractivity contribution in [3.05, 3.63) is 82.0 Å². The van der Waals surface area contributed by atoms with Crippen molar-refractivity contribution in [2.45, 2.75) is 39.5 Å². The van der Waals surface area contributed by atoms with Crippen LogP contribution in [-0.4, -0.2) is 20.4 Å². The number of carbonyl (C=O) groups excluding carboxylic acids is 1. The van der Waals surface area contributed by atoms with Crippen molar-refractivity contribution in [3.8, 4) is 16.1 Å². The van der Waals surface area contributed by atoms with Crippen LogP contribution in [0.4, 0.5) is 14.5 Å². The first kappa shape index (κ1) is 21.5. The van der Waals surface area contributed by atoms with Crippen molar-refractivity contribution in [3.63, 3.8) is 0 Å². The number of anilines is 1. The average molecular weight is 465 g/mol. The summed E-state index contributed by atoms with van der Waals surface area (Å²) in [6.07, 6.45) is 5.41. The summed E-state index contributed by atoms with van der Waals surface area (Å²) in [5.74, 6) is -1.27. The number of nitrogens with zero attached hydrogens (tertiary/aromatic N) is 3. The van der Waals surface area contributed by atoms with Crippen molar-refractivity contribution < 1.29 is 13.6 Å². The third-order valence-corrected chi connectivity index (χ3v) is 6.91. The Hall–Kier alpha value is -3.39. The highest BCUT2D eigenvalue weighted by molar-refractivity contribution is 7.17. The summed E-state index contributed by atoms with van der Waals surface area (Å²) in [5.41, 5.74) is 4.59. The Kier molecular flexibility index (Phi) is 5.54. The van der Waals surface area contributed by atoms with Gasteiger partial charge in [0, 0.05) is 18.3 Å². The molecule has 5 rings (SSSR count). The van der Waals surface area contributed by atoms with Crippen LogP contribution in [-0.2, 0) is 19.3 Å². The van der Waals surface area contributed by atoms with E-state index in [-0.39, 0.29) is 5.01 Å². The zero-order valence-corrected chi connectivity index (χ0v) is 19.1. The van der Waals surface area contributed by atoms with Gasteiger partial charge in [-0.15, -0.1) is 11.3 Å². The smallest absolute Gasteiger partial charge is 0.284 e. The van der Waals surface area contributed by atoms with Gasteiger partial charge in [-0.3, -0.25) is 4.79 Å². The van der Waals surface area contributed by atoms with Gasteiger partial charge in [-0.2, -0.15) is 0 Å². The molecule has 2 aromatic carbocycles. The molecule has 2 heterocycles. The maximum absolute atomic E-state index is 14.0. The molecule has 0 aliphatic heterocycles. The summed E-state index contributed by atoms with van der Waals surface area (Å²) < 4.78 is 30.1. The number of aromatic nitrogens is 3. The SMILES string of the molecule is CCc1nc(C)cn1-c1ccc2c(c1)-c1sc(C(=O)Nc3c(F)cccc3F)nc1CCC2. The molecule has 0 saturated carbocycles. The number of rotatable bonds is 4. The van der Waals surface area contributed by atoms with E-state index in [4.69, 9.17) is 0 Å². The van der Waals surface area contributed by atoms with E-state index in [1.54, 1.807) is 0 Å². The van der Waals surface area contributed by atoms with E-state index in [0.717, 1.165) is 71.2 Å². The van der Waals surface area contributed by atoms with E-state index in [2.05, 4.69) is 45.0 Å². The third-order valence-electron chi connectivity index (χ3n) is 5.78. The largest absolute Gasteiger partial charge is 0.315 e. The van der Waals surface area contributed by atoms with Crippen LogP contribution in [0.1, 0.15) is 45.9 Å². The van der Waals surface area contributed by atoms with Crippen LogP contribution in [0.5, 0.6) is 0 Å². The summed E-state index contributed by atoms with van der Waals surface area (Å²) in [4.78, 5) is 22.9. The van der Waals surface area contributed by atoms with Gasteiger partial charge in [-0.05, 0) is 61.6 Å². The second-order valence-electron chi connectivity index (χ2n) is 8.06. The van der Waals surface area contributed by atoms with Gasteiger partial charge in [-0.25, -0.2) is 18.7 Å². The van der Waals surface area contributed by atoms with Crippen molar-refractivity contribution in [1.82, 2.24) is 14.5 Å². The Morgan fingerprint density at radius 1 is 1.15 bits per heavy atom. The Bertz CT molecular complexity index is 1350. The fraction of sp³-hybridized carbons (Fsp3) is 0.240. The molecule has 1 N–H and O–H groups in total. The molecule has 0 saturated heterocycles. The number of amides is 1. The van der Waals surface area contributed by atoms with Gasteiger partial charge >= 0.3 is 0 Å². The van der Waals surface area contributed by atoms with E-state index in [1.807, 2.05) is 13.1 Å². The van der Waals surface area contributed by atoms with Gasteiger partial charge in [0.2, 0.25) is 0 Å². The van der Waals surface area contributed by atoms with Crippen molar-refractivity contribution >= 4 is 22.9 Å². The molecule has 2 aromatic heterocycles. The number of carbonyl (C=O) groups is 1. The molecule has 4 aromatic rings. The molecular formula is C25H22F2N4OS. The predicted molar refractivity (Wildman–Crippen MR) is 125 cm³/mol. The van der Waals surface area contributed by atoms with Gasteiger partial charge in [0.25, 0.3) is 5.91 Å².